The summed E-state index contributed by atoms with van der Waals surface area (Å²) in [5.41, 5.74) is 0.881. The first kappa shape index (κ1) is 11.1. The first-order chi connectivity index (χ1) is 6.60. The van der Waals surface area contributed by atoms with E-state index in [1.54, 1.807) is 6.07 Å². The van der Waals surface area contributed by atoms with E-state index in [1.165, 1.54) is 6.07 Å². The Bertz CT molecular complexity index is 426. The third-order valence-electron chi connectivity index (χ3n) is 1.67. The highest BCUT2D eigenvalue weighted by Crippen LogP contribution is 2.21. The predicted molar refractivity (Wildman–Crippen MR) is 58.0 cm³/mol. The highest BCUT2D eigenvalue weighted by atomic mass is 79.9. The molecule has 14 heavy (non-hydrogen) atoms. The van der Waals surface area contributed by atoms with Gasteiger partial charge in [0.1, 0.15) is 6.07 Å². The summed E-state index contributed by atoms with van der Waals surface area (Å²) in [6, 6.07) is 4.96. The summed E-state index contributed by atoms with van der Waals surface area (Å²) in [5.74, 6) is -1.11. The zero-order valence-electron chi connectivity index (χ0n) is 6.99. The Labute approximate surface area is 94.9 Å². The zero-order valence-corrected chi connectivity index (χ0v) is 9.47. The van der Waals surface area contributed by atoms with E-state index >= 15 is 0 Å². The highest BCUT2D eigenvalue weighted by Gasteiger charge is 2.13. The van der Waals surface area contributed by atoms with Crippen LogP contribution in [0.1, 0.15) is 21.5 Å². The summed E-state index contributed by atoms with van der Waals surface area (Å²) in [5, 5.41) is 18.1. The fourth-order valence-electron chi connectivity index (χ4n) is 1.05. The maximum Gasteiger partial charge on any atom is 0.337 e. The lowest BCUT2D eigenvalue weighted by molar-refractivity contribution is 0.0696. The number of carbonyl (C=O) groups is 1. The van der Waals surface area contributed by atoms with Crippen molar-refractivity contribution in [3.05, 3.63) is 28.8 Å². The van der Waals surface area contributed by atoms with Crippen LogP contribution in [-0.2, 0) is 5.33 Å². The number of hydrogen-bond donors (Lipinski definition) is 2. The number of thiol groups is 1. The van der Waals surface area contributed by atoms with Crippen LogP contribution in [0.4, 0.5) is 0 Å². The van der Waals surface area contributed by atoms with Crippen LogP contribution in [0.3, 0.4) is 0 Å². The lowest BCUT2D eigenvalue weighted by atomic mass is 10.1. The predicted octanol–water partition coefficient (Wildman–Crippen LogP) is 2.44. The van der Waals surface area contributed by atoms with E-state index in [0.717, 1.165) is 5.56 Å². The van der Waals surface area contributed by atoms with Crippen molar-refractivity contribution >= 4 is 34.5 Å². The molecule has 3 nitrogen and oxygen atoms in total. The Morgan fingerprint density at radius 3 is 2.71 bits per heavy atom. The summed E-state index contributed by atoms with van der Waals surface area (Å²) in [6.45, 7) is 0. The van der Waals surface area contributed by atoms with Gasteiger partial charge in [0, 0.05) is 10.2 Å². The van der Waals surface area contributed by atoms with E-state index in [4.69, 9.17) is 10.4 Å². The third-order valence-corrected chi connectivity index (χ3v) is 2.67. The Morgan fingerprint density at radius 1 is 1.64 bits per heavy atom. The number of benzene rings is 1. The van der Waals surface area contributed by atoms with Crippen LogP contribution < -0.4 is 0 Å². The van der Waals surface area contributed by atoms with Crippen LogP contribution in [0.25, 0.3) is 0 Å². The van der Waals surface area contributed by atoms with E-state index in [0.29, 0.717) is 10.2 Å². The number of nitrogens with zero attached hydrogens (tertiary/aromatic N) is 1. The number of carboxylic acid groups (broad SMARTS) is 1. The summed E-state index contributed by atoms with van der Waals surface area (Å²) < 4.78 is 0. The Morgan fingerprint density at radius 2 is 2.29 bits per heavy atom. The molecule has 0 fully saturated rings. The Hall–Kier alpha value is -0.990. The fraction of sp³-hybridized carbons (Fsp3) is 0.111. The van der Waals surface area contributed by atoms with Gasteiger partial charge in [-0.2, -0.15) is 5.26 Å². The first-order valence-electron chi connectivity index (χ1n) is 3.65. The van der Waals surface area contributed by atoms with Gasteiger partial charge in [-0.15, -0.1) is 12.6 Å². The van der Waals surface area contributed by atoms with E-state index in [-0.39, 0.29) is 11.1 Å². The topological polar surface area (TPSA) is 61.1 Å². The van der Waals surface area contributed by atoms with Crippen LogP contribution in [0.5, 0.6) is 0 Å². The van der Waals surface area contributed by atoms with Crippen LogP contribution >= 0.6 is 28.6 Å². The molecule has 0 spiro atoms. The van der Waals surface area contributed by atoms with Gasteiger partial charge in [-0.05, 0) is 17.7 Å². The second-order valence-corrected chi connectivity index (χ2v) is 3.63. The SMILES string of the molecule is N#Cc1c(S)cc(CBr)cc1C(=O)O. The minimum Gasteiger partial charge on any atom is -0.478 e. The summed E-state index contributed by atoms with van der Waals surface area (Å²) in [4.78, 5) is 11.2. The summed E-state index contributed by atoms with van der Waals surface area (Å²) in [6.07, 6.45) is 0. The molecule has 5 heteroatoms. The van der Waals surface area contributed by atoms with Gasteiger partial charge in [0.25, 0.3) is 0 Å². The maximum atomic E-state index is 10.8. The molecule has 0 aliphatic carbocycles. The molecule has 0 unspecified atom stereocenters. The second-order valence-electron chi connectivity index (χ2n) is 2.59. The molecule has 0 saturated heterocycles. The molecule has 0 aliphatic rings. The number of nitriles is 1. The molecule has 1 rings (SSSR count). The molecule has 0 heterocycles. The van der Waals surface area contributed by atoms with Gasteiger partial charge < -0.3 is 5.11 Å². The van der Waals surface area contributed by atoms with Gasteiger partial charge in [-0.25, -0.2) is 4.79 Å². The van der Waals surface area contributed by atoms with Crippen LogP contribution in [-0.4, -0.2) is 11.1 Å². The molecular weight excluding hydrogens is 266 g/mol. The van der Waals surface area contributed by atoms with Gasteiger partial charge in [0.2, 0.25) is 0 Å². The molecule has 0 aliphatic heterocycles. The van der Waals surface area contributed by atoms with Crippen LogP contribution in [0, 0.1) is 11.3 Å². The molecule has 0 atom stereocenters. The number of rotatable bonds is 2. The zero-order chi connectivity index (χ0) is 10.7. The molecular formula is C9H6BrNO2S. The summed E-state index contributed by atoms with van der Waals surface area (Å²) in [7, 11) is 0. The third kappa shape index (κ3) is 2.08. The number of aromatic carboxylic acids is 1. The highest BCUT2D eigenvalue weighted by molar-refractivity contribution is 9.08. The largest absolute Gasteiger partial charge is 0.478 e. The van der Waals surface area contributed by atoms with Crippen LogP contribution in [0.2, 0.25) is 0 Å². The van der Waals surface area contributed by atoms with Crippen molar-refractivity contribution < 1.29 is 9.90 Å². The van der Waals surface area contributed by atoms with Gasteiger partial charge in [-0.3, -0.25) is 0 Å². The molecule has 72 valence electrons. The van der Waals surface area contributed by atoms with E-state index < -0.39 is 5.97 Å². The lowest BCUT2D eigenvalue weighted by Gasteiger charge is -2.04. The molecule has 0 saturated carbocycles. The fourth-order valence-corrected chi connectivity index (χ4v) is 1.71. The smallest absolute Gasteiger partial charge is 0.337 e. The Balaban J connectivity index is 3.45. The number of alkyl halides is 1. The Kier molecular flexibility index (Phi) is 3.55. The van der Waals surface area contributed by atoms with Gasteiger partial charge in [-0.1, -0.05) is 15.9 Å². The molecule has 0 bridgehead atoms. The van der Waals surface area contributed by atoms with Crippen molar-refractivity contribution in [1.82, 2.24) is 0 Å². The molecule has 0 radical (unpaired) electrons. The van der Waals surface area contributed by atoms with E-state index in [1.807, 2.05) is 6.07 Å². The number of halogens is 1. The minimum absolute atomic E-state index is 0.00514. The molecule has 1 N–H and O–H groups in total. The van der Waals surface area contributed by atoms with Crippen molar-refractivity contribution in [2.24, 2.45) is 0 Å². The minimum atomic E-state index is -1.11. The monoisotopic (exact) mass is 271 g/mol. The van der Waals surface area contributed by atoms with Gasteiger partial charge >= 0.3 is 5.97 Å². The van der Waals surface area contributed by atoms with Crippen molar-refractivity contribution in [2.45, 2.75) is 10.2 Å². The molecule has 0 aromatic heterocycles. The normalized spacial score (nSPS) is 9.50. The van der Waals surface area contributed by atoms with E-state index in [9.17, 15) is 4.79 Å². The molecule has 1 aromatic rings. The second kappa shape index (κ2) is 4.49. The maximum absolute atomic E-state index is 10.8. The van der Waals surface area contributed by atoms with Crippen molar-refractivity contribution in [3.8, 4) is 6.07 Å². The lowest BCUT2D eigenvalue weighted by Crippen LogP contribution is -2.02. The van der Waals surface area contributed by atoms with Crippen molar-refractivity contribution in [2.75, 3.05) is 0 Å². The molecule has 1 aromatic carbocycles. The van der Waals surface area contributed by atoms with Gasteiger partial charge in [0.05, 0.1) is 11.1 Å². The number of hydrogen-bond acceptors (Lipinski definition) is 3. The average Bonchev–Trinajstić information content (AvgIpc) is 2.16. The summed E-state index contributed by atoms with van der Waals surface area (Å²) >= 11 is 7.27. The molecule has 0 amide bonds. The first-order valence-corrected chi connectivity index (χ1v) is 5.22. The van der Waals surface area contributed by atoms with Crippen molar-refractivity contribution in [1.29, 1.82) is 5.26 Å². The van der Waals surface area contributed by atoms with Gasteiger partial charge in [0.15, 0.2) is 0 Å². The van der Waals surface area contributed by atoms with E-state index in [2.05, 4.69) is 28.6 Å². The average molecular weight is 272 g/mol. The standard InChI is InChI=1S/C9H6BrNO2S/c10-3-5-1-6(9(12)13)7(4-11)8(14)2-5/h1-2,14H,3H2,(H,12,13). The quantitative estimate of drug-likeness (QED) is 0.642. The number of carboxylic acids is 1. The van der Waals surface area contributed by atoms with Crippen LogP contribution in [0.15, 0.2) is 17.0 Å². The van der Waals surface area contributed by atoms with Crippen molar-refractivity contribution in [3.63, 3.8) is 0 Å².